The molecule has 1 aromatic rings. The van der Waals surface area contributed by atoms with Crippen molar-refractivity contribution in [1.82, 2.24) is 10.2 Å². The smallest absolute Gasteiger partial charge is 0.0332 e. The normalized spacial score (nSPS) is 16.6. The van der Waals surface area contributed by atoms with Gasteiger partial charge in [-0.15, -0.1) is 0 Å². The number of nitrogens with one attached hydrogen (secondary N) is 1. The molecule has 0 radical (unpaired) electrons. The van der Waals surface area contributed by atoms with Crippen LogP contribution in [0.5, 0.6) is 0 Å². The standard InChI is InChI=1S/C17H27BrN2/c1-3-10-19-17(15-5-4-6-16(18)12-15)9-11-20(2)13-14-7-8-14/h4-6,12,14,17,19H,3,7-11,13H2,1-2H3. The fourth-order valence-corrected chi connectivity index (χ4v) is 3.03. The second kappa shape index (κ2) is 8.16. The van der Waals surface area contributed by atoms with Gasteiger partial charge in [-0.2, -0.15) is 0 Å². The van der Waals surface area contributed by atoms with Gasteiger partial charge in [-0.3, -0.25) is 0 Å². The van der Waals surface area contributed by atoms with Crippen LogP contribution in [0, 0.1) is 5.92 Å². The zero-order valence-electron chi connectivity index (χ0n) is 12.7. The Morgan fingerprint density at radius 1 is 1.40 bits per heavy atom. The molecule has 2 rings (SSSR count). The molecule has 112 valence electrons. The van der Waals surface area contributed by atoms with Crippen molar-refractivity contribution in [2.45, 2.75) is 38.6 Å². The quantitative estimate of drug-likeness (QED) is 0.725. The van der Waals surface area contributed by atoms with Gasteiger partial charge < -0.3 is 10.2 Å². The van der Waals surface area contributed by atoms with Crippen molar-refractivity contribution in [1.29, 1.82) is 0 Å². The van der Waals surface area contributed by atoms with Crippen molar-refractivity contribution >= 4 is 15.9 Å². The maximum absolute atomic E-state index is 3.69. The van der Waals surface area contributed by atoms with E-state index in [0.717, 1.165) is 12.5 Å². The third-order valence-corrected chi connectivity index (χ3v) is 4.45. The van der Waals surface area contributed by atoms with Crippen molar-refractivity contribution in [3.8, 4) is 0 Å². The molecule has 0 saturated heterocycles. The number of benzene rings is 1. The summed E-state index contributed by atoms with van der Waals surface area (Å²) in [5.74, 6) is 0.980. The summed E-state index contributed by atoms with van der Waals surface area (Å²) in [4.78, 5) is 2.50. The Kier molecular flexibility index (Phi) is 6.53. The van der Waals surface area contributed by atoms with Crippen LogP contribution in [-0.4, -0.2) is 31.6 Å². The molecule has 1 aliphatic rings. The third kappa shape index (κ3) is 5.55. The molecule has 0 aliphatic heterocycles. The van der Waals surface area contributed by atoms with Gasteiger partial charge in [-0.25, -0.2) is 0 Å². The molecule has 3 heteroatoms. The lowest BCUT2D eigenvalue weighted by Gasteiger charge is -2.23. The average molecular weight is 339 g/mol. The number of hydrogen-bond donors (Lipinski definition) is 1. The van der Waals surface area contributed by atoms with Crippen molar-refractivity contribution < 1.29 is 0 Å². The number of halogens is 1. The molecule has 1 atom stereocenters. The number of hydrogen-bond acceptors (Lipinski definition) is 2. The van der Waals surface area contributed by atoms with Gasteiger partial charge in [0.2, 0.25) is 0 Å². The summed E-state index contributed by atoms with van der Waals surface area (Å²) >= 11 is 3.58. The molecule has 1 N–H and O–H groups in total. The van der Waals surface area contributed by atoms with Crippen LogP contribution in [0.4, 0.5) is 0 Å². The molecular weight excluding hydrogens is 312 g/mol. The van der Waals surface area contributed by atoms with E-state index in [1.54, 1.807) is 0 Å². The highest BCUT2D eigenvalue weighted by atomic mass is 79.9. The summed E-state index contributed by atoms with van der Waals surface area (Å²) in [6.07, 6.45) is 5.24. The highest BCUT2D eigenvalue weighted by molar-refractivity contribution is 9.10. The van der Waals surface area contributed by atoms with E-state index in [0.29, 0.717) is 6.04 Å². The van der Waals surface area contributed by atoms with Crippen molar-refractivity contribution in [3.63, 3.8) is 0 Å². The Bertz CT molecular complexity index is 404. The Hall–Kier alpha value is -0.380. The first-order valence-electron chi connectivity index (χ1n) is 7.86. The Labute approximate surface area is 132 Å². The molecule has 1 unspecified atom stereocenters. The van der Waals surface area contributed by atoms with E-state index in [1.165, 1.54) is 48.8 Å². The second-order valence-corrected chi connectivity index (χ2v) is 6.97. The maximum atomic E-state index is 3.69. The Morgan fingerprint density at radius 2 is 2.20 bits per heavy atom. The summed E-state index contributed by atoms with van der Waals surface area (Å²) in [7, 11) is 2.26. The summed E-state index contributed by atoms with van der Waals surface area (Å²) in [6.45, 7) is 5.76. The molecule has 1 saturated carbocycles. The fraction of sp³-hybridized carbons (Fsp3) is 0.647. The van der Waals surface area contributed by atoms with Crippen LogP contribution < -0.4 is 5.32 Å². The van der Waals surface area contributed by atoms with E-state index < -0.39 is 0 Å². The van der Waals surface area contributed by atoms with E-state index in [2.05, 4.69) is 64.4 Å². The molecule has 20 heavy (non-hydrogen) atoms. The summed E-state index contributed by atoms with van der Waals surface area (Å²) in [5.41, 5.74) is 1.40. The monoisotopic (exact) mass is 338 g/mol. The van der Waals surface area contributed by atoms with Crippen LogP contribution in [-0.2, 0) is 0 Å². The molecule has 0 bridgehead atoms. The SMILES string of the molecule is CCCNC(CCN(C)CC1CC1)c1cccc(Br)c1. The predicted molar refractivity (Wildman–Crippen MR) is 90.0 cm³/mol. The first-order chi connectivity index (χ1) is 9.69. The fourth-order valence-electron chi connectivity index (χ4n) is 2.61. The molecule has 0 aromatic heterocycles. The van der Waals surface area contributed by atoms with Gasteiger partial charge in [0.05, 0.1) is 0 Å². The first kappa shape index (κ1) is 16.0. The minimum Gasteiger partial charge on any atom is -0.310 e. The minimum atomic E-state index is 0.467. The van der Waals surface area contributed by atoms with E-state index in [-0.39, 0.29) is 0 Å². The zero-order valence-corrected chi connectivity index (χ0v) is 14.3. The van der Waals surface area contributed by atoms with Crippen LogP contribution in [0.1, 0.15) is 44.2 Å². The average Bonchev–Trinajstić information content (AvgIpc) is 3.22. The lowest BCUT2D eigenvalue weighted by molar-refractivity contribution is 0.296. The van der Waals surface area contributed by atoms with Crippen LogP contribution in [0.15, 0.2) is 28.7 Å². The van der Waals surface area contributed by atoms with Gasteiger partial charge in [-0.1, -0.05) is 35.0 Å². The molecule has 0 amide bonds. The van der Waals surface area contributed by atoms with Crippen LogP contribution in [0.3, 0.4) is 0 Å². The molecular formula is C17H27BrN2. The molecule has 1 aliphatic carbocycles. The highest BCUT2D eigenvalue weighted by Gasteiger charge is 2.23. The highest BCUT2D eigenvalue weighted by Crippen LogP contribution is 2.29. The van der Waals surface area contributed by atoms with Gasteiger partial charge in [0, 0.05) is 17.1 Å². The minimum absolute atomic E-state index is 0.467. The molecule has 2 nitrogen and oxygen atoms in total. The van der Waals surface area contributed by atoms with Gasteiger partial charge in [0.25, 0.3) is 0 Å². The number of nitrogens with zero attached hydrogens (tertiary/aromatic N) is 1. The van der Waals surface area contributed by atoms with Gasteiger partial charge in [-0.05, 0) is 69.4 Å². The number of rotatable bonds is 9. The van der Waals surface area contributed by atoms with Gasteiger partial charge in [0.1, 0.15) is 0 Å². The van der Waals surface area contributed by atoms with E-state index in [4.69, 9.17) is 0 Å². The first-order valence-corrected chi connectivity index (χ1v) is 8.65. The Morgan fingerprint density at radius 3 is 2.85 bits per heavy atom. The second-order valence-electron chi connectivity index (χ2n) is 6.06. The zero-order chi connectivity index (χ0) is 14.4. The lowest BCUT2D eigenvalue weighted by Crippen LogP contribution is -2.29. The summed E-state index contributed by atoms with van der Waals surface area (Å²) < 4.78 is 1.17. The largest absolute Gasteiger partial charge is 0.310 e. The maximum Gasteiger partial charge on any atom is 0.0332 e. The lowest BCUT2D eigenvalue weighted by atomic mass is 10.0. The van der Waals surface area contributed by atoms with E-state index >= 15 is 0 Å². The van der Waals surface area contributed by atoms with Crippen molar-refractivity contribution in [3.05, 3.63) is 34.3 Å². The third-order valence-electron chi connectivity index (χ3n) is 3.96. The van der Waals surface area contributed by atoms with Crippen molar-refractivity contribution in [2.24, 2.45) is 5.92 Å². The Balaban J connectivity index is 1.88. The van der Waals surface area contributed by atoms with Crippen LogP contribution in [0.2, 0.25) is 0 Å². The molecule has 1 aromatic carbocycles. The van der Waals surface area contributed by atoms with Gasteiger partial charge >= 0.3 is 0 Å². The van der Waals surface area contributed by atoms with E-state index in [9.17, 15) is 0 Å². The molecule has 0 spiro atoms. The predicted octanol–water partition coefficient (Wildman–Crippen LogP) is 4.22. The van der Waals surface area contributed by atoms with Gasteiger partial charge in [0.15, 0.2) is 0 Å². The van der Waals surface area contributed by atoms with Crippen LogP contribution >= 0.6 is 15.9 Å². The van der Waals surface area contributed by atoms with Crippen molar-refractivity contribution in [2.75, 3.05) is 26.7 Å². The summed E-state index contributed by atoms with van der Waals surface area (Å²) in [6, 6.07) is 9.18. The topological polar surface area (TPSA) is 15.3 Å². The molecule has 0 heterocycles. The summed E-state index contributed by atoms with van der Waals surface area (Å²) in [5, 5.41) is 3.69. The van der Waals surface area contributed by atoms with E-state index in [1.807, 2.05) is 0 Å². The molecule has 1 fully saturated rings. The van der Waals surface area contributed by atoms with Crippen LogP contribution in [0.25, 0.3) is 0 Å².